The van der Waals surface area contributed by atoms with Crippen molar-refractivity contribution >= 4 is 11.9 Å². The molecule has 0 spiro atoms. The fraction of sp³-hybridized carbons (Fsp3) is 0.871. The van der Waals surface area contributed by atoms with Crippen LogP contribution in [0.25, 0.3) is 0 Å². The second kappa shape index (κ2) is 57.7. The van der Waals surface area contributed by atoms with Crippen molar-refractivity contribution in [3.63, 3.8) is 0 Å². The molecule has 0 heterocycles. The van der Waals surface area contributed by atoms with Gasteiger partial charge in [0.15, 0.2) is 0 Å². The van der Waals surface area contributed by atoms with E-state index in [1.165, 1.54) is 244 Å². The Balaban J connectivity index is 3.35. The average molecular weight is 957 g/mol. The van der Waals surface area contributed by atoms with Crippen molar-refractivity contribution in [1.82, 2.24) is 5.32 Å². The van der Waals surface area contributed by atoms with E-state index in [0.29, 0.717) is 19.4 Å². The van der Waals surface area contributed by atoms with Crippen LogP contribution in [0.3, 0.4) is 0 Å². The molecule has 6 nitrogen and oxygen atoms in total. The molecule has 0 fully saturated rings. The van der Waals surface area contributed by atoms with Gasteiger partial charge in [-0.05, 0) is 64.2 Å². The van der Waals surface area contributed by atoms with Crippen LogP contribution >= 0.6 is 0 Å². The first-order valence-corrected chi connectivity index (χ1v) is 30.3. The molecule has 0 aliphatic carbocycles. The van der Waals surface area contributed by atoms with Crippen LogP contribution in [0.5, 0.6) is 0 Å². The number of rotatable bonds is 56. The SMILES string of the molecule is CCCCCC/C=C\C/C=C\CCCCCCCC(=O)OCCCCCCCCCCCCCCCCCCCCCCCCCCCC(=O)NC(CO)C(O)/C=C/CCCCCCCCCC. The molecule has 0 aromatic rings. The van der Waals surface area contributed by atoms with Gasteiger partial charge in [0.05, 0.1) is 25.4 Å². The quantitative estimate of drug-likeness (QED) is 0.0321. The largest absolute Gasteiger partial charge is 0.466 e. The number of hydrogen-bond donors (Lipinski definition) is 3. The summed E-state index contributed by atoms with van der Waals surface area (Å²) in [4.78, 5) is 24.5. The molecule has 400 valence electrons. The lowest BCUT2D eigenvalue weighted by Crippen LogP contribution is -2.45. The van der Waals surface area contributed by atoms with Crippen LogP contribution in [-0.2, 0) is 14.3 Å². The zero-order chi connectivity index (χ0) is 49.3. The van der Waals surface area contributed by atoms with Crippen molar-refractivity contribution < 1.29 is 24.5 Å². The molecule has 0 bridgehead atoms. The van der Waals surface area contributed by atoms with Crippen molar-refractivity contribution in [3.05, 3.63) is 36.5 Å². The Morgan fingerprint density at radius 2 is 0.735 bits per heavy atom. The number of allylic oxidation sites excluding steroid dienone is 5. The number of nitrogens with one attached hydrogen (secondary N) is 1. The second-order valence-corrected chi connectivity index (χ2v) is 20.7. The van der Waals surface area contributed by atoms with E-state index in [4.69, 9.17) is 4.74 Å². The fourth-order valence-electron chi connectivity index (χ4n) is 9.25. The molecular formula is C62H117NO5. The lowest BCUT2D eigenvalue weighted by atomic mass is 10.0. The van der Waals surface area contributed by atoms with E-state index in [1.54, 1.807) is 6.08 Å². The Bertz CT molecular complexity index is 1100. The Morgan fingerprint density at radius 1 is 0.412 bits per heavy atom. The number of aliphatic hydroxyl groups excluding tert-OH is 2. The van der Waals surface area contributed by atoms with Gasteiger partial charge in [-0.15, -0.1) is 0 Å². The number of unbranched alkanes of at least 4 members (excludes halogenated alkanes) is 41. The summed E-state index contributed by atoms with van der Waals surface area (Å²) in [5.74, 6) is -0.0657. The standard InChI is InChI=1S/C62H117NO5/c1-3-5-7-9-11-13-15-16-17-30-33-36-40-44-48-52-56-62(67)68-57-53-49-45-41-37-34-31-28-26-24-22-20-18-19-21-23-25-27-29-32-35-39-43-47-51-55-61(66)63-59(58-64)60(65)54-50-46-42-38-14-12-10-8-6-4-2/h13,15,17,30,50,54,59-60,64-65H,3-12,14,16,18-29,31-49,51-53,55-58H2,1-2H3,(H,63,66)/b15-13-,30-17-,54-50+. The molecule has 1 amide bonds. The highest BCUT2D eigenvalue weighted by molar-refractivity contribution is 5.76. The predicted molar refractivity (Wildman–Crippen MR) is 296 cm³/mol. The van der Waals surface area contributed by atoms with Crippen LogP contribution in [0.1, 0.15) is 322 Å². The van der Waals surface area contributed by atoms with Crippen LogP contribution in [0.4, 0.5) is 0 Å². The van der Waals surface area contributed by atoms with Gasteiger partial charge < -0.3 is 20.3 Å². The first-order chi connectivity index (χ1) is 33.5. The third-order valence-corrected chi connectivity index (χ3v) is 13.9. The number of aliphatic hydroxyl groups is 2. The van der Waals surface area contributed by atoms with E-state index < -0.39 is 12.1 Å². The molecule has 0 aliphatic rings. The Morgan fingerprint density at radius 3 is 1.13 bits per heavy atom. The van der Waals surface area contributed by atoms with E-state index in [-0.39, 0.29) is 18.5 Å². The normalized spacial score (nSPS) is 12.8. The molecule has 68 heavy (non-hydrogen) atoms. The zero-order valence-corrected chi connectivity index (χ0v) is 45.6. The summed E-state index contributed by atoms with van der Waals surface area (Å²) >= 11 is 0. The maximum atomic E-state index is 12.4. The van der Waals surface area contributed by atoms with E-state index in [0.717, 1.165) is 51.4 Å². The molecule has 0 aromatic carbocycles. The van der Waals surface area contributed by atoms with Crippen LogP contribution < -0.4 is 5.32 Å². The van der Waals surface area contributed by atoms with Gasteiger partial charge in [-0.25, -0.2) is 0 Å². The average Bonchev–Trinajstić information content (AvgIpc) is 3.34. The summed E-state index contributed by atoms with van der Waals surface area (Å²) in [7, 11) is 0. The monoisotopic (exact) mass is 956 g/mol. The molecule has 0 radical (unpaired) electrons. The number of amides is 1. The minimum atomic E-state index is -0.841. The van der Waals surface area contributed by atoms with Crippen LogP contribution in [0.2, 0.25) is 0 Å². The molecule has 2 unspecified atom stereocenters. The molecule has 3 N–H and O–H groups in total. The van der Waals surface area contributed by atoms with Crippen LogP contribution in [0.15, 0.2) is 36.5 Å². The Labute approximate surface area is 424 Å². The highest BCUT2D eigenvalue weighted by atomic mass is 16.5. The molecule has 6 heteroatoms. The highest BCUT2D eigenvalue weighted by Crippen LogP contribution is 2.17. The van der Waals surface area contributed by atoms with Crippen molar-refractivity contribution in [1.29, 1.82) is 0 Å². The number of carbonyl (C=O) groups is 2. The van der Waals surface area contributed by atoms with Crippen molar-refractivity contribution in [2.75, 3.05) is 13.2 Å². The third kappa shape index (κ3) is 53.4. The minimum absolute atomic E-state index is 0.00222. The molecule has 0 aliphatic heterocycles. The van der Waals surface area contributed by atoms with Gasteiger partial charge in [0, 0.05) is 12.8 Å². The van der Waals surface area contributed by atoms with Crippen LogP contribution in [-0.4, -0.2) is 47.4 Å². The Kier molecular flexibility index (Phi) is 56.0. The second-order valence-electron chi connectivity index (χ2n) is 20.7. The lowest BCUT2D eigenvalue weighted by molar-refractivity contribution is -0.143. The minimum Gasteiger partial charge on any atom is -0.466 e. The van der Waals surface area contributed by atoms with E-state index in [1.807, 2.05) is 6.08 Å². The number of carbonyl (C=O) groups excluding carboxylic acids is 2. The number of hydrogen-bond acceptors (Lipinski definition) is 5. The summed E-state index contributed by atoms with van der Waals surface area (Å²) in [6.45, 7) is 4.87. The summed E-state index contributed by atoms with van der Waals surface area (Å²) in [5.41, 5.74) is 0. The predicted octanol–water partition coefficient (Wildman–Crippen LogP) is 18.8. The third-order valence-electron chi connectivity index (χ3n) is 13.9. The van der Waals surface area contributed by atoms with Gasteiger partial charge in [-0.2, -0.15) is 0 Å². The maximum absolute atomic E-state index is 12.4. The lowest BCUT2D eigenvalue weighted by Gasteiger charge is -2.20. The van der Waals surface area contributed by atoms with Gasteiger partial charge in [0.25, 0.3) is 0 Å². The maximum Gasteiger partial charge on any atom is 0.305 e. The smallest absolute Gasteiger partial charge is 0.305 e. The van der Waals surface area contributed by atoms with Crippen molar-refractivity contribution in [2.24, 2.45) is 0 Å². The molecule has 2 atom stereocenters. The summed E-state index contributed by atoms with van der Waals surface area (Å²) < 4.78 is 5.48. The van der Waals surface area contributed by atoms with Gasteiger partial charge >= 0.3 is 5.97 Å². The fourth-order valence-corrected chi connectivity index (χ4v) is 9.25. The topological polar surface area (TPSA) is 95.9 Å². The molecule has 0 saturated carbocycles. The van der Waals surface area contributed by atoms with E-state index in [9.17, 15) is 19.8 Å². The summed E-state index contributed by atoms with van der Waals surface area (Å²) in [6, 6.07) is -0.625. The number of ether oxygens (including phenoxy) is 1. The molecule has 0 aromatic heterocycles. The summed E-state index contributed by atoms with van der Waals surface area (Å²) in [5, 5.41) is 23.0. The highest BCUT2D eigenvalue weighted by Gasteiger charge is 2.18. The van der Waals surface area contributed by atoms with Crippen molar-refractivity contribution in [2.45, 2.75) is 334 Å². The van der Waals surface area contributed by atoms with Gasteiger partial charge in [0.2, 0.25) is 5.91 Å². The molecule has 0 rings (SSSR count). The van der Waals surface area contributed by atoms with Crippen molar-refractivity contribution in [3.8, 4) is 0 Å². The van der Waals surface area contributed by atoms with E-state index in [2.05, 4.69) is 43.5 Å². The molecule has 0 saturated heterocycles. The van der Waals surface area contributed by atoms with Gasteiger partial charge in [-0.1, -0.05) is 281 Å². The first kappa shape index (κ1) is 66.1. The van der Waals surface area contributed by atoms with Crippen LogP contribution in [0, 0.1) is 0 Å². The molecular weight excluding hydrogens is 839 g/mol. The number of esters is 1. The van der Waals surface area contributed by atoms with Gasteiger partial charge in [-0.3, -0.25) is 9.59 Å². The Hall–Kier alpha value is -1.92. The van der Waals surface area contributed by atoms with Gasteiger partial charge in [0.1, 0.15) is 0 Å². The zero-order valence-electron chi connectivity index (χ0n) is 45.6. The van der Waals surface area contributed by atoms with E-state index >= 15 is 0 Å². The first-order valence-electron chi connectivity index (χ1n) is 30.3. The summed E-state index contributed by atoms with van der Waals surface area (Å²) in [6.07, 6.45) is 71.9.